The second kappa shape index (κ2) is 7.53. The standard InChI is InChI=1S/C16H25N3O3S/c1-5-18(6-2)8-13-17-15-14(10(3)11(4)23-15)16(22)19(13)7-12(21)9-20/h12,20-21H,5-9H2,1-4H3. The van der Waals surface area contributed by atoms with Gasteiger partial charge in [-0.1, -0.05) is 13.8 Å². The Balaban J connectivity index is 2.62. The molecule has 0 saturated heterocycles. The molecule has 0 bridgehead atoms. The molecule has 128 valence electrons. The lowest BCUT2D eigenvalue weighted by Gasteiger charge is -2.21. The molecule has 0 fully saturated rings. The van der Waals surface area contributed by atoms with Crippen LogP contribution in [0, 0.1) is 13.8 Å². The van der Waals surface area contributed by atoms with Gasteiger partial charge in [-0.3, -0.25) is 14.3 Å². The fourth-order valence-corrected chi connectivity index (χ4v) is 3.63. The van der Waals surface area contributed by atoms with E-state index in [0.29, 0.717) is 17.8 Å². The highest BCUT2D eigenvalue weighted by atomic mass is 32.1. The van der Waals surface area contributed by atoms with Crippen molar-refractivity contribution in [2.24, 2.45) is 0 Å². The Morgan fingerprint density at radius 3 is 2.52 bits per heavy atom. The lowest BCUT2D eigenvalue weighted by atomic mass is 10.2. The van der Waals surface area contributed by atoms with Crippen LogP contribution in [0.15, 0.2) is 4.79 Å². The fraction of sp³-hybridized carbons (Fsp3) is 0.625. The molecule has 0 radical (unpaired) electrons. The minimum absolute atomic E-state index is 0.0587. The van der Waals surface area contributed by atoms with Gasteiger partial charge >= 0.3 is 0 Å². The first kappa shape index (κ1) is 18.1. The highest BCUT2D eigenvalue weighted by Gasteiger charge is 2.19. The number of nitrogens with zero attached hydrogens (tertiary/aromatic N) is 3. The molecule has 0 aliphatic heterocycles. The first-order chi connectivity index (χ1) is 10.9. The Bertz CT molecular complexity index is 734. The van der Waals surface area contributed by atoms with Crippen LogP contribution in [-0.4, -0.2) is 50.5 Å². The summed E-state index contributed by atoms with van der Waals surface area (Å²) < 4.78 is 1.51. The molecule has 0 amide bonds. The van der Waals surface area contributed by atoms with E-state index in [4.69, 9.17) is 5.11 Å². The summed E-state index contributed by atoms with van der Waals surface area (Å²) in [4.78, 5) is 21.6. The summed E-state index contributed by atoms with van der Waals surface area (Å²) in [6.45, 7) is 9.97. The second-order valence-corrected chi connectivity index (χ2v) is 6.91. The smallest absolute Gasteiger partial charge is 0.262 e. The minimum atomic E-state index is -0.970. The summed E-state index contributed by atoms with van der Waals surface area (Å²) in [5.41, 5.74) is 0.815. The summed E-state index contributed by atoms with van der Waals surface area (Å²) in [5, 5.41) is 19.6. The van der Waals surface area contributed by atoms with Crippen molar-refractivity contribution in [3.63, 3.8) is 0 Å². The van der Waals surface area contributed by atoms with E-state index in [0.717, 1.165) is 28.4 Å². The van der Waals surface area contributed by atoms with Gasteiger partial charge in [-0.05, 0) is 32.5 Å². The third-order valence-electron chi connectivity index (χ3n) is 4.23. The van der Waals surface area contributed by atoms with Crippen molar-refractivity contribution < 1.29 is 10.2 Å². The monoisotopic (exact) mass is 339 g/mol. The molecule has 2 heterocycles. The topological polar surface area (TPSA) is 78.6 Å². The molecule has 0 aliphatic rings. The van der Waals surface area contributed by atoms with Crippen LogP contribution in [0.2, 0.25) is 0 Å². The number of aromatic nitrogens is 2. The second-order valence-electron chi connectivity index (χ2n) is 5.70. The number of aryl methyl sites for hydroxylation is 2. The summed E-state index contributed by atoms with van der Waals surface area (Å²) in [6.07, 6.45) is -0.970. The van der Waals surface area contributed by atoms with Crippen LogP contribution in [0.4, 0.5) is 0 Å². The molecule has 0 saturated carbocycles. The predicted molar refractivity (Wildman–Crippen MR) is 93.1 cm³/mol. The molecular weight excluding hydrogens is 314 g/mol. The van der Waals surface area contributed by atoms with Crippen LogP contribution >= 0.6 is 11.3 Å². The Labute approximate surface area is 140 Å². The van der Waals surface area contributed by atoms with Crippen LogP contribution < -0.4 is 5.56 Å². The van der Waals surface area contributed by atoms with Gasteiger partial charge in [0.05, 0.1) is 31.2 Å². The van der Waals surface area contributed by atoms with E-state index in [1.807, 2.05) is 13.8 Å². The largest absolute Gasteiger partial charge is 0.394 e. The summed E-state index contributed by atoms with van der Waals surface area (Å²) in [7, 11) is 0. The van der Waals surface area contributed by atoms with Gasteiger partial charge in [-0.15, -0.1) is 11.3 Å². The van der Waals surface area contributed by atoms with E-state index >= 15 is 0 Å². The molecule has 2 aromatic rings. The van der Waals surface area contributed by atoms with E-state index in [1.165, 1.54) is 15.9 Å². The van der Waals surface area contributed by atoms with Crippen molar-refractivity contribution in [1.82, 2.24) is 14.5 Å². The van der Waals surface area contributed by atoms with E-state index in [9.17, 15) is 9.90 Å². The zero-order valence-corrected chi connectivity index (χ0v) is 15.0. The third kappa shape index (κ3) is 3.63. The van der Waals surface area contributed by atoms with E-state index in [2.05, 4.69) is 23.7 Å². The minimum Gasteiger partial charge on any atom is -0.394 e. The number of rotatable bonds is 7. The van der Waals surface area contributed by atoms with Gasteiger partial charge < -0.3 is 10.2 Å². The van der Waals surface area contributed by atoms with E-state index in [1.54, 1.807) is 0 Å². The normalized spacial score (nSPS) is 13.2. The molecule has 1 unspecified atom stereocenters. The number of hydrogen-bond acceptors (Lipinski definition) is 6. The maximum atomic E-state index is 12.9. The first-order valence-electron chi connectivity index (χ1n) is 7.93. The summed E-state index contributed by atoms with van der Waals surface area (Å²) >= 11 is 1.53. The van der Waals surface area contributed by atoms with Gasteiger partial charge in [0.2, 0.25) is 0 Å². The van der Waals surface area contributed by atoms with Crippen LogP contribution in [0.1, 0.15) is 30.1 Å². The Morgan fingerprint density at radius 2 is 1.96 bits per heavy atom. The molecule has 0 aromatic carbocycles. The Kier molecular flexibility index (Phi) is 5.91. The number of fused-ring (bicyclic) bond motifs is 1. The highest BCUT2D eigenvalue weighted by molar-refractivity contribution is 7.18. The van der Waals surface area contributed by atoms with Crippen molar-refractivity contribution in [2.75, 3.05) is 19.7 Å². The quantitative estimate of drug-likeness (QED) is 0.794. The maximum absolute atomic E-state index is 12.9. The maximum Gasteiger partial charge on any atom is 0.262 e. The number of thiophene rings is 1. The van der Waals surface area contributed by atoms with Crippen LogP contribution in [0.5, 0.6) is 0 Å². The SMILES string of the molecule is CCN(CC)Cc1nc2sc(C)c(C)c2c(=O)n1CC(O)CO. The number of aliphatic hydroxyl groups is 2. The summed E-state index contributed by atoms with van der Waals surface area (Å²) in [6, 6.07) is 0. The van der Waals surface area contributed by atoms with Crippen LogP contribution in [0.25, 0.3) is 10.2 Å². The van der Waals surface area contributed by atoms with Gasteiger partial charge in [0.25, 0.3) is 5.56 Å². The van der Waals surface area contributed by atoms with Gasteiger partial charge in [0.1, 0.15) is 10.7 Å². The lowest BCUT2D eigenvalue weighted by Crippen LogP contribution is -2.34. The molecule has 2 aromatic heterocycles. The highest BCUT2D eigenvalue weighted by Crippen LogP contribution is 2.26. The zero-order chi connectivity index (χ0) is 17.1. The van der Waals surface area contributed by atoms with Gasteiger partial charge in [-0.2, -0.15) is 0 Å². The van der Waals surface area contributed by atoms with E-state index in [-0.39, 0.29) is 18.7 Å². The summed E-state index contributed by atoms with van der Waals surface area (Å²) in [5.74, 6) is 0.639. The number of aliphatic hydroxyl groups excluding tert-OH is 2. The van der Waals surface area contributed by atoms with Crippen molar-refractivity contribution in [1.29, 1.82) is 0 Å². The molecule has 2 N–H and O–H groups in total. The van der Waals surface area contributed by atoms with Crippen molar-refractivity contribution >= 4 is 21.6 Å². The lowest BCUT2D eigenvalue weighted by molar-refractivity contribution is 0.0787. The van der Waals surface area contributed by atoms with Crippen LogP contribution in [0.3, 0.4) is 0 Å². The Hall–Kier alpha value is -1.28. The van der Waals surface area contributed by atoms with Crippen LogP contribution in [-0.2, 0) is 13.1 Å². The van der Waals surface area contributed by atoms with Gasteiger partial charge in [-0.25, -0.2) is 4.98 Å². The molecule has 1 atom stereocenters. The zero-order valence-electron chi connectivity index (χ0n) is 14.2. The molecular formula is C16H25N3O3S. The number of hydrogen-bond donors (Lipinski definition) is 2. The average molecular weight is 339 g/mol. The third-order valence-corrected chi connectivity index (χ3v) is 5.33. The Morgan fingerprint density at radius 1 is 1.30 bits per heavy atom. The molecule has 7 heteroatoms. The first-order valence-corrected chi connectivity index (χ1v) is 8.75. The molecule has 0 aliphatic carbocycles. The predicted octanol–water partition coefficient (Wildman–Crippen LogP) is 1.27. The molecule has 23 heavy (non-hydrogen) atoms. The van der Waals surface area contributed by atoms with Gasteiger partial charge in [0, 0.05) is 4.88 Å². The average Bonchev–Trinajstić information content (AvgIpc) is 2.82. The molecule has 0 spiro atoms. The van der Waals surface area contributed by atoms with E-state index < -0.39 is 6.10 Å². The molecule has 6 nitrogen and oxygen atoms in total. The van der Waals surface area contributed by atoms with Gasteiger partial charge in [0.15, 0.2) is 0 Å². The molecule has 2 rings (SSSR count). The fourth-order valence-electron chi connectivity index (χ4n) is 2.59. The van der Waals surface area contributed by atoms with Crippen molar-refractivity contribution in [3.05, 3.63) is 26.6 Å². The van der Waals surface area contributed by atoms with Crippen molar-refractivity contribution in [3.8, 4) is 0 Å². The van der Waals surface area contributed by atoms with Crippen molar-refractivity contribution in [2.45, 2.75) is 46.9 Å².